The summed E-state index contributed by atoms with van der Waals surface area (Å²) in [4.78, 5) is 28.6. The van der Waals surface area contributed by atoms with E-state index in [9.17, 15) is 9.59 Å². The predicted octanol–water partition coefficient (Wildman–Crippen LogP) is 2.66. The first-order chi connectivity index (χ1) is 13.4. The lowest BCUT2D eigenvalue weighted by atomic mass is 9.78. The van der Waals surface area contributed by atoms with E-state index in [1.54, 1.807) is 44.3 Å². The quantitative estimate of drug-likeness (QED) is 0.787. The van der Waals surface area contributed by atoms with E-state index in [1.165, 1.54) is 0 Å². The molecule has 2 aliphatic heterocycles. The first kappa shape index (κ1) is 20.9. The zero-order chi connectivity index (χ0) is 20.3. The van der Waals surface area contributed by atoms with E-state index in [0.29, 0.717) is 40.6 Å². The van der Waals surface area contributed by atoms with Crippen LogP contribution in [0, 0.1) is 11.8 Å². The van der Waals surface area contributed by atoms with Gasteiger partial charge in [0.05, 0.1) is 12.7 Å². The average molecular weight is 408 g/mol. The Balaban J connectivity index is 1.63. The molecule has 2 heterocycles. The number of hydrogen-bond donors (Lipinski definition) is 1. The normalized spacial score (nSPS) is 24.0. The number of benzene rings is 1. The summed E-state index contributed by atoms with van der Waals surface area (Å²) in [6.07, 6.45) is 3.55. The van der Waals surface area contributed by atoms with Crippen LogP contribution in [0.5, 0.6) is 5.75 Å². The fourth-order valence-corrected chi connectivity index (χ4v) is 4.55. The number of rotatable bonds is 6. The molecule has 2 saturated heterocycles. The number of nitrogens with zero attached hydrogens (tertiary/aromatic N) is 2. The Bertz CT molecular complexity index is 725. The van der Waals surface area contributed by atoms with Crippen LogP contribution in [0.15, 0.2) is 18.2 Å². The van der Waals surface area contributed by atoms with Crippen molar-refractivity contribution in [3.63, 3.8) is 0 Å². The van der Waals surface area contributed by atoms with Crippen LogP contribution in [0.25, 0.3) is 0 Å². The minimum atomic E-state index is 0.00616. The van der Waals surface area contributed by atoms with E-state index in [4.69, 9.17) is 16.3 Å². The molecule has 3 rings (SSSR count). The Kier molecular flexibility index (Phi) is 6.83. The van der Waals surface area contributed by atoms with Crippen LogP contribution in [0.3, 0.4) is 0 Å². The molecule has 0 aromatic heterocycles. The van der Waals surface area contributed by atoms with Gasteiger partial charge in [-0.2, -0.15) is 0 Å². The highest BCUT2D eigenvalue weighted by Crippen LogP contribution is 2.32. The first-order valence-electron chi connectivity index (χ1n) is 9.95. The molecule has 2 bridgehead atoms. The molecule has 2 fully saturated rings. The van der Waals surface area contributed by atoms with Crippen molar-refractivity contribution in [2.45, 2.75) is 31.7 Å². The first-order valence-corrected chi connectivity index (χ1v) is 10.3. The molecule has 154 valence electrons. The lowest BCUT2D eigenvalue weighted by molar-refractivity contribution is -0.128. The average Bonchev–Trinajstić information content (AvgIpc) is 2.68. The number of fused-ring (bicyclic) bond motifs is 2. The van der Waals surface area contributed by atoms with E-state index in [1.807, 2.05) is 4.90 Å². The molecule has 0 aliphatic carbocycles. The van der Waals surface area contributed by atoms with Crippen molar-refractivity contribution in [1.82, 2.24) is 15.1 Å². The van der Waals surface area contributed by atoms with Gasteiger partial charge in [-0.1, -0.05) is 11.6 Å². The van der Waals surface area contributed by atoms with Crippen LogP contribution in [0.4, 0.5) is 0 Å². The Hall–Kier alpha value is -1.79. The van der Waals surface area contributed by atoms with E-state index in [-0.39, 0.29) is 11.8 Å². The Morgan fingerprint density at radius 1 is 1.32 bits per heavy atom. The van der Waals surface area contributed by atoms with Gasteiger partial charge < -0.3 is 19.9 Å². The molecule has 1 N–H and O–H groups in total. The molecule has 2 amide bonds. The second kappa shape index (κ2) is 9.14. The summed E-state index contributed by atoms with van der Waals surface area (Å²) in [7, 11) is 5.14. The summed E-state index contributed by atoms with van der Waals surface area (Å²) in [5.74, 6) is 1.59. The molecular formula is C21H30ClN3O3. The molecule has 3 unspecified atom stereocenters. The Morgan fingerprint density at radius 2 is 2.11 bits per heavy atom. The van der Waals surface area contributed by atoms with Gasteiger partial charge in [-0.15, -0.1) is 0 Å². The summed E-state index contributed by atoms with van der Waals surface area (Å²) in [6.45, 7) is 2.42. The van der Waals surface area contributed by atoms with Crippen molar-refractivity contribution in [2.24, 2.45) is 11.8 Å². The molecule has 3 atom stereocenters. The number of amides is 2. The molecule has 0 radical (unpaired) electrons. The Labute approximate surface area is 172 Å². The predicted molar refractivity (Wildman–Crippen MR) is 110 cm³/mol. The largest absolute Gasteiger partial charge is 0.496 e. The van der Waals surface area contributed by atoms with Gasteiger partial charge in [0.15, 0.2) is 0 Å². The Morgan fingerprint density at radius 3 is 2.82 bits per heavy atom. The highest BCUT2D eigenvalue weighted by molar-refractivity contribution is 6.30. The second-order valence-corrected chi connectivity index (χ2v) is 8.55. The minimum absolute atomic E-state index is 0.00616. The fraction of sp³-hybridized carbons (Fsp3) is 0.619. The van der Waals surface area contributed by atoms with Crippen molar-refractivity contribution in [3.8, 4) is 5.75 Å². The van der Waals surface area contributed by atoms with Gasteiger partial charge in [-0.25, -0.2) is 0 Å². The standard InChI is InChI=1S/C21H30ClN3O3/c1-24(2)20(26)6-4-5-18-15-9-14(11-23-18)12-25(13-15)21(27)17-8-7-16(22)10-19(17)28-3/h7-8,10,14-15,18,23H,4-6,9,11-13H2,1-3H3. The summed E-state index contributed by atoms with van der Waals surface area (Å²) in [5.41, 5.74) is 0.563. The summed E-state index contributed by atoms with van der Waals surface area (Å²) in [6, 6.07) is 5.52. The zero-order valence-electron chi connectivity index (χ0n) is 16.9. The fourth-order valence-electron chi connectivity index (χ4n) is 4.38. The molecule has 6 nitrogen and oxygen atoms in total. The summed E-state index contributed by atoms with van der Waals surface area (Å²) in [5, 5.41) is 4.20. The zero-order valence-corrected chi connectivity index (χ0v) is 17.7. The molecule has 28 heavy (non-hydrogen) atoms. The van der Waals surface area contributed by atoms with E-state index in [0.717, 1.165) is 38.9 Å². The molecule has 0 saturated carbocycles. The number of ether oxygens (including phenoxy) is 1. The third-order valence-corrected chi connectivity index (χ3v) is 6.13. The van der Waals surface area contributed by atoms with Gasteiger partial charge >= 0.3 is 0 Å². The summed E-state index contributed by atoms with van der Waals surface area (Å²) >= 11 is 6.03. The van der Waals surface area contributed by atoms with E-state index >= 15 is 0 Å². The second-order valence-electron chi connectivity index (χ2n) is 8.11. The number of nitrogens with one attached hydrogen (secondary N) is 1. The number of hydrogen-bond acceptors (Lipinski definition) is 4. The molecule has 2 aliphatic rings. The van der Waals surface area contributed by atoms with Crippen molar-refractivity contribution < 1.29 is 14.3 Å². The van der Waals surface area contributed by atoms with Crippen LogP contribution in [-0.4, -0.2) is 68.5 Å². The van der Waals surface area contributed by atoms with Gasteiger partial charge in [0.25, 0.3) is 5.91 Å². The van der Waals surface area contributed by atoms with Crippen LogP contribution in [-0.2, 0) is 4.79 Å². The third kappa shape index (κ3) is 4.78. The summed E-state index contributed by atoms with van der Waals surface area (Å²) < 4.78 is 5.37. The SMILES string of the molecule is COc1cc(Cl)ccc1C(=O)N1CC2CNC(CCCC(=O)N(C)C)C(C2)C1. The van der Waals surface area contributed by atoms with Crippen molar-refractivity contribution >= 4 is 23.4 Å². The topological polar surface area (TPSA) is 61.9 Å². The van der Waals surface area contributed by atoms with Gasteiger partial charge in [0.2, 0.25) is 5.91 Å². The van der Waals surface area contributed by atoms with Crippen LogP contribution in [0.1, 0.15) is 36.0 Å². The molecule has 1 aromatic rings. The number of carbonyl (C=O) groups is 2. The van der Waals surface area contributed by atoms with Crippen LogP contribution >= 0.6 is 11.6 Å². The number of halogens is 1. The van der Waals surface area contributed by atoms with E-state index < -0.39 is 0 Å². The monoisotopic (exact) mass is 407 g/mol. The number of piperidine rings is 2. The molecule has 0 spiro atoms. The van der Waals surface area contributed by atoms with Crippen molar-refractivity contribution in [3.05, 3.63) is 28.8 Å². The third-order valence-electron chi connectivity index (χ3n) is 5.89. The van der Waals surface area contributed by atoms with Gasteiger partial charge in [-0.3, -0.25) is 9.59 Å². The minimum Gasteiger partial charge on any atom is -0.496 e. The van der Waals surface area contributed by atoms with E-state index in [2.05, 4.69) is 5.32 Å². The maximum atomic E-state index is 13.1. The van der Waals surface area contributed by atoms with Gasteiger partial charge in [0, 0.05) is 44.7 Å². The van der Waals surface area contributed by atoms with Gasteiger partial charge in [-0.05, 0) is 55.8 Å². The highest BCUT2D eigenvalue weighted by atomic mass is 35.5. The maximum Gasteiger partial charge on any atom is 0.257 e. The van der Waals surface area contributed by atoms with Crippen molar-refractivity contribution in [2.75, 3.05) is 40.8 Å². The van der Waals surface area contributed by atoms with Gasteiger partial charge in [0.1, 0.15) is 5.75 Å². The highest BCUT2D eigenvalue weighted by Gasteiger charge is 2.38. The van der Waals surface area contributed by atoms with Crippen molar-refractivity contribution in [1.29, 1.82) is 0 Å². The molecular weight excluding hydrogens is 378 g/mol. The number of methoxy groups -OCH3 is 1. The van der Waals surface area contributed by atoms with Crippen LogP contribution in [0.2, 0.25) is 5.02 Å². The lowest BCUT2D eigenvalue weighted by Gasteiger charge is -2.46. The number of likely N-dealkylation sites (tertiary alicyclic amines) is 1. The lowest BCUT2D eigenvalue weighted by Crippen LogP contribution is -2.57. The smallest absolute Gasteiger partial charge is 0.257 e. The molecule has 1 aromatic carbocycles. The maximum absolute atomic E-state index is 13.1. The molecule has 7 heteroatoms. The van der Waals surface area contributed by atoms with Crippen LogP contribution < -0.4 is 10.1 Å². The number of carbonyl (C=O) groups excluding carboxylic acids is 2.